The van der Waals surface area contributed by atoms with E-state index in [2.05, 4.69) is 31.9 Å². The van der Waals surface area contributed by atoms with Crippen LogP contribution in [0.4, 0.5) is 5.69 Å². The van der Waals surface area contributed by atoms with Crippen molar-refractivity contribution >= 4 is 76.8 Å². The van der Waals surface area contributed by atoms with Crippen molar-refractivity contribution in [1.82, 2.24) is 56.4 Å². The fourth-order valence-electron chi connectivity index (χ4n) is 10.3. The fraction of sp³-hybridized carbons (Fsp3) is 0.647. The summed E-state index contributed by atoms with van der Waals surface area (Å²) in [4.78, 5) is 165. The lowest BCUT2D eigenvalue weighted by Crippen LogP contribution is -2.59. The van der Waals surface area contributed by atoms with Crippen molar-refractivity contribution < 1.29 is 82.3 Å². The lowest BCUT2D eigenvalue weighted by molar-refractivity contribution is -0.160. The summed E-state index contributed by atoms with van der Waals surface area (Å²) in [6.45, 7) is 4.90. The second-order valence-electron chi connectivity index (χ2n) is 20.6. The largest absolute Gasteiger partial charge is 0.481 e. The number of para-hydroxylation sites is 1. The van der Waals surface area contributed by atoms with E-state index in [1.165, 1.54) is 12.0 Å². The highest BCUT2D eigenvalue weighted by atomic mass is 16.7. The standard InChI is InChI=1S/C51H74N12O17/c1-4-30(2)45(49(77)55-34-9-8-31-6-5-7-32-22-36(63(46(31)32)50(34)78)48(76)56-35-23-44(74)80-51(35)79-3)57-38(65)25-52-37(64)24-53-47(75)33(10-11-41(68)69)54-39(66)26-58-18-20-62(21-19-58)40(67)27-59-12-14-60(28-42(70)71)16-17-61(15-13-59)29-43(72)73/h5-7,30,33-36,45,51H,4,8-29H2,1-3H3,(H,52,64)(H,53,75)(H,54,66)(H,55,77)(H,56,76)(H,57,65)(H,68,69)(H,70,71)(H,72,73)/t30-,33-,34-,35?,36-,45-,51?/m0/s1. The summed E-state index contributed by atoms with van der Waals surface area (Å²) in [5, 5.41) is 43.5. The molecular formula is C51H74N12O17. The van der Waals surface area contributed by atoms with Crippen molar-refractivity contribution in [3.63, 3.8) is 0 Å². The Morgan fingerprint density at radius 2 is 1.27 bits per heavy atom. The average molecular weight is 1130 g/mol. The first kappa shape index (κ1) is 61.9. The molecule has 7 atom stereocenters. The SMILES string of the molecule is CC[C@H](C)[C@H](NC(=O)CNC(=O)CNC(=O)[C@H](CCC(=O)O)NC(=O)CN1CCN(C(=O)CN2CCN(CC(=O)O)CCN(CC(=O)O)CC2)CC1)C(=O)N[C@H]1CCc2cccc3c2N(C1=O)[C@H](C(=O)NC1CC(=O)OC1OC)C3. The number of hydrogen-bond donors (Lipinski definition) is 9. The molecule has 0 aliphatic carbocycles. The summed E-state index contributed by atoms with van der Waals surface area (Å²) in [5.41, 5.74) is 2.14. The highest BCUT2D eigenvalue weighted by Gasteiger charge is 2.46. The number of nitrogens with zero attached hydrogens (tertiary/aromatic N) is 6. The first-order valence-corrected chi connectivity index (χ1v) is 26.8. The maximum Gasteiger partial charge on any atom is 0.317 e. The van der Waals surface area contributed by atoms with Gasteiger partial charge < -0.3 is 61.6 Å². The molecule has 0 radical (unpaired) electrons. The van der Waals surface area contributed by atoms with Crippen LogP contribution in [0.5, 0.6) is 0 Å². The third-order valence-electron chi connectivity index (χ3n) is 14.9. The Bertz CT molecular complexity index is 2460. The van der Waals surface area contributed by atoms with E-state index in [0.29, 0.717) is 57.8 Å². The summed E-state index contributed by atoms with van der Waals surface area (Å²) in [5.74, 6) is -9.33. The topological polar surface area (TPSA) is 376 Å². The molecule has 3 fully saturated rings. The Morgan fingerprint density at radius 1 is 0.688 bits per heavy atom. The summed E-state index contributed by atoms with van der Waals surface area (Å²) >= 11 is 0. The number of piperazine rings is 1. The summed E-state index contributed by atoms with van der Waals surface area (Å²) < 4.78 is 10.3. The number of carboxylic acids is 3. The lowest BCUT2D eigenvalue weighted by Gasteiger charge is -2.36. The van der Waals surface area contributed by atoms with E-state index < -0.39 is 127 Å². The predicted octanol–water partition coefficient (Wildman–Crippen LogP) is -4.87. The Labute approximate surface area is 461 Å². The van der Waals surface area contributed by atoms with Gasteiger partial charge >= 0.3 is 23.9 Å². The lowest BCUT2D eigenvalue weighted by atomic mass is 9.97. The van der Waals surface area contributed by atoms with Crippen molar-refractivity contribution in [1.29, 1.82) is 0 Å². The summed E-state index contributed by atoms with van der Waals surface area (Å²) in [6.07, 6.45) is -0.786. The molecule has 5 aliphatic rings. The molecule has 0 bridgehead atoms. The first-order chi connectivity index (χ1) is 38.1. The second kappa shape index (κ2) is 29.2. The van der Waals surface area contributed by atoms with E-state index in [1.807, 2.05) is 23.1 Å². The van der Waals surface area contributed by atoms with Crippen molar-refractivity contribution in [2.24, 2.45) is 5.92 Å². The fourth-order valence-corrected chi connectivity index (χ4v) is 10.3. The average Bonchev–Trinajstić information content (AvgIpc) is 4.02. The maximum atomic E-state index is 14.4. The normalized spacial score (nSPS) is 22.1. The smallest absolute Gasteiger partial charge is 0.317 e. The van der Waals surface area contributed by atoms with Gasteiger partial charge in [-0.1, -0.05) is 38.5 Å². The van der Waals surface area contributed by atoms with Gasteiger partial charge in [0.25, 0.3) is 0 Å². The molecule has 2 unspecified atom stereocenters. The molecule has 1 aromatic rings. The van der Waals surface area contributed by atoms with Gasteiger partial charge in [-0.05, 0) is 36.3 Å². The van der Waals surface area contributed by atoms with E-state index in [4.69, 9.17) is 9.47 Å². The number of hydrogen-bond acceptors (Lipinski definition) is 18. The van der Waals surface area contributed by atoms with Gasteiger partial charge in [0.1, 0.15) is 30.2 Å². The monoisotopic (exact) mass is 1130 g/mol. The van der Waals surface area contributed by atoms with Gasteiger partial charge in [0.05, 0.1) is 51.4 Å². The van der Waals surface area contributed by atoms with Gasteiger partial charge in [0.15, 0.2) is 0 Å². The zero-order chi connectivity index (χ0) is 58.2. The Morgan fingerprint density at radius 3 is 1.88 bits per heavy atom. The minimum Gasteiger partial charge on any atom is -0.481 e. The van der Waals surface area contributed by atoms with E-state index in [-0.39, 0.29) is 83.9 Å². The van der Waals surface area contributed by atoms with Crippen LogP contribution in [-0.4, -0.2) is 259 Å². The second-order valence-corrected chi connectivity index (χ2v) is 20.6. The minimum absolute atomic E-state index is 0.0143. The number of rotatable bonds is 25. The van der Waals surface area contributed by atoms with Gasteiger partial charge in [0, 0.05) is 85.4 Å². The van der Waals surface area contributed by atoms with E-state index in [0.717, 1.165) is 11.1 Å². The van der Waals surface area contributed by atoms with E-state index in [1.54, 1.807) is 33.4 Å². The number of methoxy groups -OCH3 is 1. The third-order valence-corrected chi connectivity index (χ3v) is 14.9. The van der Waals surface area contributed by atoms with Gasteiger partial charge in [-0.15, -0.1) is 0 Å². The van der Waals surface area contributed by atoms with Crippen molar-refractivity contribution in [3.05, 3.63) is 29.3 Å². The quantitative estimate of drug-likeness (QED) is 0.0415. The molecule has 0 aromatic heterocycles. The van der Waals surface area contributed by atoms with Crippen LogP contribution < -0.4 is 36.8 Å². The molecule has 3 saturated heterocycles. The Hall–Kier alpha value is -7.34. The van der Waals surface area contributed by atoms with Crippen LogP contribution in [0.15, 0.2) is 18.2 Å². The van der Waals surface area contributed by atoms with Crippen LogP contribution in [0.25, 0.3) is 0 Å². The Balaban J connectivity index is 0.951. The molecule has 5 heterocycles. The number of ether oxygens (including phenoxy) is 2. The number of esters is 1. The minimum atomic E-state index is -1.36. The number of benzene rings is 1. The predicted molar refractivity (Wildman–Crippen MR) is 279 cm³/mol. The molecule has 0 spiro atoms. The number of carboxylic acid groups (broad SMARTS) is 3. The van der Waals surface area contributed by atoms with Crippen LogP contribution in [0.1, 0.15) is 57.1 Å². The molecule has 8 amide bonds. The van der Waals surface area contributed by atoms with Gasteiger partial charge in [0.2, 0.25) is 53.5 Å². The molecule has 440 valence electrons. The van der Waals surface area contributed by atoms with Crippen LogP contribution in [-0.2, 0) is 79.8 Å². The third kappa shape index (κ3) is 17.6. The molecule has 80 heavy (non-hydrogen) atoms. The number of cyclic esters (lactones) is 1. The first-order valence-electron chi connectivity index (χ1n) is 26.8. The zero-order valence-corrected chi connectivity index (χ0v) is 45.3. The molecule has 6 rings (SSSR count). The van der Waals surface area contributed by atoms with Crippen LogP contribution in [0.3, 0.4) is 0 Å². The van der Waals surface area contributed by atoms with Gasteiger partial charge in [-0.25, -0.2) is 0 Å². The van der Waals surface area contributed by atoms with Crippen molar-refractivity contribution in [2.75, 3.05) is 117 Å². The molecule has 29 heteroatoms. The molecule has 5 aliphatic heterocycles. The van der Waals surface area contributed by atoms with Crippen LogP contribution >= 0.6 is 0 Å². The summed E-state index contributed by atoms with van der Waals surface area (Å²) in [6, 6.07) is 0.0638. The highest BCUT2D eigenvalue weighted by molar-refractivity contribution is 6.08. The number of anilines is 1. The number of carbonyl (C=O) groups is 12. The van der Waals surface area contributed by atoms with Crippen LogP contribution in [0.2, 0.25) is 0 Å². The van der Waals surface area contributed by atoms with Gasteiger partial charge in [-0.3, -0.25) is 82.0 Å². The molecule has 1 aromatic carbocycles. The molecule has 0 saturated carbocycles. The van der Waals surface area contributed by atoms with Crippen molar-refractivity contribution in [3.8, 4) is 0 Å². The summed E-state index contributed by atoms with van der Waals surface area (Å²) in [7, 11) is 1.34. The number of aliphatic carboxylic acids is 3. The molecule has 9 N–H and O–H groups in total. The molecular weight excluding hydrogens is 1050 g/mol. The number of carbonyl (C=O) groups excluding carboxylic acids is 9. The number of nitrogens with one attached hydrogen (secondary N) is 6. The van der Waals surface area contributed by atoms with E-state index >= 15 is 0 Å². The van der Waals surface area contributed by atoms with Crippen molar-refractivity contribution in [2.45, 2.75) is 95.3 Å². The van der Waals surface area contributed by atoms with Gasteiger partial charge in [-0.2, -0.15) is 0 Å². The molecule has 29 nitrogen and oxygen atoms in total. The maximum absolute atomic E-state index is 14.4. The highest BCUT2D eigenvalue weighted by Crippen LogP contribution is 2.39. The van der Waals surface area contributed by atoms with E-state index in [9.17, 15) is 72.9 Å². The van der Waals surface area contributed by atoms with Crippen LogP contribution in [0, 0.1) is 5.92 Å². The Kier molecular flexibility index (Phi) is 22.6. The number of aryl methyl sites for hydroxylation is 1. The zero-order valence-electron chi connectivity index (χ0n) is 45.3. The number of amides is 8.